The molecule has 0 fully saturated rings. The van der Waals surface area contributed by atoms with Crippen molar-refractivity contribution in [2.75, 3.05) is 14.2 Å². The molecule has 0 radical (unpaired) electrons. The van der Waals surface area contributed by atoms with Crippen molar-refractivity contribution in [3.05, 3.63) is 65.7 Å². The summed E-state index contributed by atoms with van der Waals surface area (Å²) in [5.41, 5.74) is 1.70. The summed E-state index contributed by atoms with van der Waals surface area (Å²) in [4.78, 5) is 47.7. The number of benzene rings is 2. The second-order valence-electron chi connectivity index (χ2n) is 18.0. The van der Waals surface area contributed by atoms with Crippen LogP contribution in [-0.4, -0.2) is 71.2 Å². The molecule has 0 aliphatic heterocycles. The molecule has 0 aliphatic rings. The zero-order chi connectivity index (χ0) is 48.7. The maximum Gasteiger partial charge on any atom is 1.00 e. The van der Waals surface area contributed by atoms with Gasteiger partial charge in [-0.3, -0.25) is 9.59 Å². The van der Waals surface area contributed by atoms with Gasteiger partial charge in [-0.05, 0) is 37.0 Å². The smallest absolute Gasteiger partial charge is 0.870 e. The molecule has 14 heteroatoms. The minimum atomic E-state index is -1.24. The number of aliphatic carboxylic acids is 1. The third kappa shape index (κ3) is 49.5. The molecule has 2 amide bonds. The summed E-state index contributed by atoms with van der Waals surface area (Å²) >= 11 is 0. The Balaban J connectivity index is -0.000000369. The van der Waals surface area contributed by atoms with Crippen LogP contribution < -0.4 is 119 Å². The fraction of sp³-hybridized carbons (Fsp3) is 0.714. The molecule has 394 valence electrons. The summed E-state index contributed by atoms with van der Waals surface area (Å²) in [5, 5.41) is 33.1. The topological polar surface area (TPSA) is 227 Å². The number of esters is 1. The molecule has 12 nitrogen and oxygen atoms in total. The van der Waals surface area contributed by atoms with E-state index >= 15 is 0 Å². The number of amides is 2. The number of carboxylic acid groups (broad SMARTS) is 1. The number of carbonyl (C=O) groups is 4. The molecule has 70 heavy (non-hydrogen) atoms. The van der Waals surface area contributed by atoms with Crippen LogP contribution in [0.4, 0.5) is 0 Å². The first-order valence-electron chi connectivity index (χ1n) is 26.2. The Kier molecular flexibility index (Phi) is 66.1. The number of aliphatic hydroxyl groups is 1. The summed E-state index contributed by atoms with van der Waals surface area (Å²) in [6, 6.07) is 14.9. The average molecular weight is 1040 g/mol. The fourth-order valence-electron chi connectivity index (χ4n) is 8.04. The van der Waals surface area contributed by atoms with Gasteiger partial charge >= 0.3 is 109 Å². The number of phenolic OH excluding ortho intramolecular Hbond substituents is 1. The third-order valence-corrected chi connectivity index (χ3v) is 12.1. The zero-order valence-corrected chi connectivity index (χ0v) is 51.4. The number of phenols is 1. The second kappa shape index (κ2) is 59.2. The van der Waals surface area contributed by atoms with Crippen molar-refractivity contribution in [2.45, 2.75) is 244 Å². The Morgan fingerprint density at radius 2 is 0.800 bits per heavy atom. The SMILES string of the molecule is CCCCCCCCCCCCCCCCCC(=O)NC(Cc1cc[c-]cc1)C(=O)[O-].CCCCCCCCCCCCCCCCCC(=O)NC(Cc1ccc(O)cc1)C(=O)OC.CO.O.[K+].[K+].[OH-]. The summed E-state index contributed by atoms with van der Waals surface area (Å²) in [6.07, 6.45) is 40.0. The van der Waals surface area contributed by atoms with E-state index in [0.717, 1.165) is 50.3 Å². The largest absolute Gasteiger partial charge is 1.00 e. The van der Waals surface area contributed by atoms with Crippen LogP contribution in [0.25, 0.3) is 0 Å². The fourth-order valence-corrected chi connectivity index (χ4v) is 8.04. The van der Waals surface area contributed by atoms with E-state index in [0.29, 0.717) is 19.3 Å². The first kappa shape index (κ1) is 78.2. The number of unbranched alkanes of at least 4 members (excludes halogenated alkanes) is 28. The predicted molar refractivity (Wildman–Crippen MR) is 274 cm³/mol. The molecule has 2 unspecified atom stereocenters. The van der Waals surface area contributed by atoms with E-state index in [1.165, 1.54) is 168 Å². The van der Waals surface area contributed by atoms with Gasteiger partial charge in [0.05, 0.1) is 19.1 Å². The maximum atomic E-state index is 12.3. The molecule has 0 heterocycles. The third-order valence-electron chi connectivity index (χ3n) is 12.1. The van der Waals surface area contributed by atoms with Crippen molar-refractivity contribution < 1.29 is 153 Å². The van der Waals surface area contributed by atoms with Crippen molar-refractivity contribution in [3.8, 4) is 5.75 Å². The summed E-state index contributed by atoms with van der Waals surface area (Å²) < 4.78 is 4.84. The number of ether oxygens (including phenoxy) is 1. The quantitative estimate of drug-likeness (QED) is 0.0305. The Morgan fingerprint density at radius 1 is 0.514 bits per heavy atom. The first-order chi connectivity index (χ1) is 32.2. The predicted octanol–water partition coefficient (Wildman–Crippen LogP) is 4.99. The maximum absolute atomic E-state index is 12.3. The minimum absolute atomic E-state index is 0. The van der Waals surface area contributed by atoms with Crippen LogP contribution in [0.3, 0.4) is 0 Å². The van der Waals surface area contributed by atoms with Crippen molar-refractivity contribution >= 4 is 23.8 Å². The van der Waals surface area contributed by atoms with Crippen LogP contribution in [0.15, 0.2) is 48.5 Å². The van der Waals surface area contributed by atoms with Crippen molar-refractivity contribution in [3.63, 3.8) is 0 Å². The normalized spacial score (nSPS) is 10.9. The van der Waals surface area contributed by atoms with Crippen molar-refractivity contribution in [1.29, 1.82) is 0 Å². The molecule has 2 aromatic rings. The van der Waals surface area contributed by atoms with Gasteiger partial charge in [0.2, 0.25) is 11.8 Å². The molecule has 2 aromatic carbocycles. The molecule has 0 spiro atoms. The van der Waals surface area contributed by atoms with E-state index in [1.807, 2.05) is 0 Å². The van der Waals surface area contributed by atoms with Crippen molar-refractivity contribution in [1.82, 2.24) is 10.6 Å². The first-order valence-corrected chi connectivity index (χ1v) is 26.2. The van der Waals surface area contributed by atoms with Gasteiger partial charge in [0.25, 0.3) is 0 Å². The number of carbonyl (C=O) groups excluding carboxylic acids is 4. The molecular weight excluding hydrogens is 939 g/mol. The summed E-state index contributed by atoms with van der Waals surface area (Å²) in [7, 11) is 2.33. The van der Waals surface area contributed by atoms with Gasteiger partial charge in [-0.15, -0.1) is 0 Å². The molecule has 0 saturated heterocycles. The molecule has 0 aliphatic carbocycles. The summed E-state index contributed by atoms with van der Waals surface area (Å²) in [6.45, 7) is 4.53. The van der Waals surface area contributed by atoms with Gasteiger partial charge in [-0.2, -0.15) is 35.9 Å². The summed E-state index contributed by atoms with van der Waals surface area (Å²) in [5.74, 6) is -1.83. The van der Waals surface area contributed by atoms with Crippen LogP contribution >= 0.6 is 0 Å². The number of nitrogens with one attached hydrogen (secondary N) is 2. The molecule has 0 saturated carbocycles. The van der Waals surface area contributed by atoms with E-state index in [1.54, 1.807) is 48.5 Å². The number of aliphatic hydroxyl groups excluding tert-OH is 1. The number of methoxy groups -OCH3 is 1. The molecule has 2 atom stereocenters. The van der Waals surface area contributed by atoms with E-state index in [-0.39, 0.29) is 138 Å². The van der Waals surface area contributed by atoms with Gasteiger partial charge in [0.1, 0.15) is 11.8 Å². The average Bonchev–Trinajstić information content (AvgIpc) is 3.32. The molecular formula is C56H97K2N2O10-. The Morgan fingerprint density at radius 3 is 1.11 bits per heavy atom. The number of rotatable bonds is 40. The Labute approximate surface area is 511 Å². The second-order valence-corrected chi connectivity index (χ2v) is 18.0. The standard InChI is InChI=1S/C28H47NO4.C27H44NO3.CH4O.2K.2H2O/c1-3-4-5-6-7-8-9-10-11-12-13-14-15-16-17-18-27(31)29-26(28(32)33-2)23-24-19-21-25(30)22-20-24;1-2-3-4-5-6-7-8-9-10-11-12-13-14-15-19-22-26(29)28-25(27(30)31)23-24-20-17-16-18-21-24;1-2;;;;/h19-22,26,30H,3-18,23H2,1-2H3,(H,29,31);17-18,20-21,25H,2-15,19,22-23H2,1H3,(H,28,29)(H,30,31);2H,1H3;;;2*1H2/q;-1;;2*+1;;/p-2. The zero-order valence-electron chi connectivity index (χ0n) is 45.1. The van der Waals surface area contributed by atoms with Gasteiger partial charge in [0, 0.05) is 26.4 Å². The van der Waals surface area contributed by atoms with Crippen LogP contribution in [-0.2, 0) is 36.8 Å². The molecule has 2 rings (SSSR count). The van der Waals surface area contributed by atoms with Crippen LogP contribution in [0.2, 0.25) is 0 Å². The van der Waals surface area contributed by atoms with Gasteiger partial charge in [-0.1, -0.05) is 206 Å². The van der Waals surface area contributed by atoms with Gasteiger partial charge in [-0.25, -0.2) is 4.79 Å². The van der Waals surface area contributed by atoms with E-state index in [2.05, 4.69) is 30.5 Å². The van der Waals surface area contributed by atoms with E-state index in [4.69, 9.17) is 9.84 Å². The monoisotopic (exact) mass is 1040 g/mol. The molecule has 0 aromatic heterocycles. The van der Waals surface area contributed by atoms with Crippen LogP contribution in [0.1, 0.15) is 230 Å². The van der Waals surface area contributed by atoms with Gasteiger partial charge < -0.3 is 46.4 Å². The minimum Gasteiger partial charge on any atom is -0.870 e. The molecule has 7 N–H and O–H groups in total. The van der Waals surface area contributed by atoms with Crippen LogP contribution in [0.5, 0.6) is 5.75 Å². The Bertz CT molecular complexity index is 1440. The van der Waals surface area contributed by atoms with Crippen molar-refractivity contribution in [2.24, 2.45) is 0 Å². The number of hydrogen-bond donors (Lipinski definition) is 4. The number of aromatic hydroxyl groups is 1. The van der Waals surface area contributed by atoms with Crippen LogP contribution in [0, 0.1) is 6.07 Å². The van der Waals surface area contributed by atoms with Gasteiger partial charge in [0.15, 0.2) is 0 Å². The Hall–Kier alpha value is -0.727. The van der Waals surface area contributed by atoms with E-state index < -0.39 is 24.0 Å². The number of hydrogen-bond acceptors (Lipinski definition) is 9. The molecule has 0 bridgehead atoms. The van der Waals surface area contributed by atoms with E-state index in [9.17, 15) is 29.4 Å². The number of carboxylic acids is 1.